The smallest absolute Gasteiger partial charge is 0.0674 e. The molecule has 0 aromatic rings. The largest absolute Gasteiger partial charge is 0.383 e. The molecule has 1 aliphatic rings. The molecule has 3 heteroatoms. The first-order chi connectivity index (χ1) is 6.18. The average Bonchev–Trinajstić information content (AvgIpc) is 2.51. The van der Waals surface area contributed by atoms with Crippen molar-refractivity contribution in [3.05, 3.63) is 0 Å². The molecule has 1 atom stereocenters. The molecule has 1 N–H and O–H groups in total. The van der Waals surface area contributed by atoms with Gasteiger partial charge in [0, 0.05) is 7.11 Å². The van der Waals surface area contributed by atoms with Crippen LogP contribution in [0.4, 0.5) is 0 Å². The summed E-state index contributed by atoms with van der Waals surface area (Å²) in [6.45, 7) is 6.73. The minimum absolute atomic E-state index is 0.0824. The fourth-order valence-corrected chi connectivity index (χ4v) is 1.76. The minimum Gasteiger partial charge on any atom is -0.383 e. The minimum atomic E-state index is 0.0824. The van der Waals surface area contributed by atoms with Crippen molar-refractivity contribution in [1.82, 2.24) is 5.32 Å². The summed E-state index contributed by atoms with van der Waals surface area (Å²) in [7, 11) is 1.75. The van der Waals surface area contributed by atoms with Crippen molar-refractivity contribution in [1.29, 1.82) is 0 Å². The van der Waals surface area contributed by atoms with E-state index in [0.29, 0.717) is 6.10 Å². The Morgan fingerprint density at radius 1 is 1.38 bits per heavy atom. The van der Waals surface area contributed by atoms with Crippen LogP contribution < -0.4 is 5.32 Å². The molecule has 0 aromatic carbocycles. The number of ether oxygens (including phenoxy) is 2. The fraction of sp³-hybridized carbons (Fsp3) is 1.00. The predicted octanol–water partition coefficient (Wildman–Crippen LogP) is 1.18. The van der Waals surface area contributed by atoms with Gasteiger partial charge in [-0.25, -0.2) is 0 Å². The van der Waals surface area contributed by atoms with Crippen molar-refractivity contribution in [2.24, 2.45) is 0 Å². The Morgan fingerprint density at radius 3 is 2.62 bits per heavy atom. The third kappa shape index (κ3) is 3.25. The Balaban J connectivity index is 2.37. The summed E-state index contributed by atoms with van der Waals surface area (Å²) < 4.78 is 10.9. The first-order valence-corrected chi connectivity index (χ1v) is 5.04. The zero-order valence-corrected chi connectivity index (χ0v) is 8.93. The lowest BCUT2D eigenvalue weighted by Crippen LogP contribution is -2.48. The molecule has 0 saturated carbocycles. The first-order valence-electron chi connectivity index (χ1n) is 5.04. The zero-order valence-electron chi connectivity index (χ0n) is 8.93. The summed E-state index contributed by atoms with van der Waals surface area (Å²) in [5.74, 6) is 0. The van der Waals surface area contributed by atoms with Crippen molar-refractivity contribution < 1.29 is 9.47 Å². The molecule has 0 aliphatic carbocycles. The van der Waals surface area contributed by atoms with Crippen LogP contribution in [0.25, 0.3) is 0 Å². The van der Waals surface area contributed by atoms with Crippen LogP contribution in [0.15, 0.2) is 0 Å². The second-order valence-electron chi connectivity index (χ2n) is 4.10. The zero-order chi connectivity index (χ0) is 9.73. The molecule has 1 saturated heterocycles. The van der Waals surface area contributed by atoms with E-state index in [2.05, 4.69) is 19.2 Å². The van der Waals surface area contributed by atoms with Gasteiger partial charge in [-0.2, -0.15) is 0 Å². The van der Waals surface area contributed by atoms with Gasteiger partial charge in [0.25, 0.3) is 0 Å². The molecule has 0 aromatic heterocycles. The van der Waals surface area contributed by atoms with Crippen LogP contribution in [-0.4, -0.2) is 38.5 Å². The molecule has 1 aliphatic heterocycles. The van der Waals surface area contributed by atoms with Crippen LogP contribution in [-0.2, 0) is 9.47 Å². The van der Waals surface area contributed by atoms with E-state index < -0.39 is 0 Å². The highest BCUT2D eigenvalue weighted by molar-refractivity contribution is 4.93. The maximum absolute atomic E-state index is 5.64. The molecule has 1 rings (SSSR count). The lowest BCUT2D eigenvalue weighted by atomic mass is 10.00. The van der Waals surface area contributed by atoms with Gasteiger partial charge in [-0.3, -0.25) is 0 Å². The molecular formula is C10H21NO2. The molecule has 0 bridgehead atoms. The van der Waals surface area contributed by atoms with Gasteiger partial charge < -0.3 is 14.8 Å². The van der Waals surface area contributed by atoms with Gasteiger partial charge in [-0.05, 0) is 33.2 Å². The SMILES string of the molecule is COCC1(COC(C)C)CCCN1. The van der Waals surface area contributed by atoms with Gasteiger partial charge in [-0.15, -0.1) is 0 Å². The first kappa shape index (κ1) is 11.0. The van der Waals surface area contributed by atoms with E-state index in [9.17, 15) is 0 Å². The number of nitrogens with one attached hydrogen (secondary N) is 1. The van der Waals surface area contributed by atoms with Gasteiger partial charge in [0.15, 0.2) is 0 Å². The molecule has 13 heavy (non-hydrogen) atoms. The average molecular weight is 187 g/mol. The Hall–Kier alpha value is -0.120. The molecule has 1 heterocycles. The van der Waals surface area contributed by atoms with Crippen LogP contribution >= 0.6 is 0 Å². The van der Waals surface area contributed by atoms with Crippen LogP contribution in [0.5, 0.6) is 0 Å². The molecule has 0 amide bonds. The molecule has 0 spiro atoms. The van der Waals surface area contributed by atoms with Gasteiger partial charge in [0.1, 0.15) is 0 Å². The van der Waals surface area contributed by atoms with E-state index >= 15 is 0 Å². The number of rotatable bonds is 5. The molecule has 0 radical (unpaired) electrons. The van der Waals surface area contributed by atoms with Gasteiger partial charge in [0.2, 0.25) is 0 Å². The Kier molecular flexibility index (Phi) is 4.16. The van der Waals surface area contributed by atoms with Crippen molar-refractivity contribution >= 4 is 0 Å². The summed E-state index contributed by atoms with van der Waals surface area (Å²) in [5, 5.41) is 3.48. The highest BCUT2D eigenvalue weighted by Gasteiger charge is 2.33. The maximum Gasteiger partial charge on any atom is 0.0674 e. The maximum atomic E-state index is 5.64. The van der Waals surface area contributed by atoms with Gasteiger partial charge in [0.05, 0.1) is 24.9 Å². The van der Waals surface area contributed by atoms with E-state index in [1.165, 1.54) is 6.42 Å². The van der Waals surface area contributed by atoms with Crippen molar-refractivity contribution in [3.8, 4) is 0 Å². The van der Waals surface area contributed by atoms with Crippen LogP contribution in [0, 0.1) is 0 Å². The molecule has 1 unspecified atom stereocenters. The van der Waals surface area contributed by atoms with Crippen LogP contribution in [0.1, 0.15) is 26.7 Å². The molecular weight excluding hydrogens is 166 g/mol. The Morgan fingerprint density at radius 2 is 2.15 bits per heavy atom. The standard InChI is InChI=1S/C10H21NO2/c1-9(2)13-8-10(7-12-3)5-4-6-11-10/h9,11H,4-8H2,1-3H3. The van der Waals surface area contributed by atoms with E-state index in [0.717, 1.165) is 26.2 Å². The van der Waals surface area contributed by atoms with Crippen molar-refractivity contribution in [2.75, 3.05) is 26.9 Å². The summed E-state index contributed by atoms with van der Waals surface area (Å²) >= 11 is 0. The van der Waals surface area contributed by atoms with Crippen LogP contribution in [0.2, 0.25) is 0 Å². The highest BCUT2D eigenvalue weighted by Crippen LogP contribution is 2.20. The molecule has 78 valence electrons. The van der Waals surface area contributed by atoms with E-state index in [1.807, 2.05) is 0 Å². The van der Waals surface area contributed by atoms with E-state index in [-0.39, 0.29) is 5.54 Å². The van der Waals surface area contributed by atoms with Crippen LogP contribution in [0.3, 0.4) is 0 Å². The Labute approximate surface area is 80.8 Å². The summed E-state index contributed by atoms with van der Waals surface area (Å²) in [6.07, 6.45) is 2.69. The second-order valence-corrected chi connectivity index (χ2v) is 4.10. The molecule has 3 nitrogen and oxygen atoms in total. The predicted molar refractivity (Wildman–Crippen MR) is 52.9 cm³/mol. The second kappa shape index (κ2) is 4.94. The third-order valence-corrected chi connectivity index (χ3v) is 2.45. The summed E-state index contributed by atoms with van der Waals surface area (Å²) in [5.41, 5.74) is 0.0824. The summed E-state index contributed by atoms with van der Waals surface area (Å²) in [4.78, 5) is 0. The number of hydrogen-bond donors (Lipinski definition) is 1. The number of hydrogen-bond acceptors (Lipinski definition) is 3. The quantitative estimate of drug-likeness (QED) is 0.701. The monoisotopic (exact) mass is 187 g/mol. The Bertz CT molecular complexity index is 142. The van der Waals surface area contributed by atoms with Crippen molar-refractivity contribution in [2.45, 2.75) is 38.3 Å². The lowest BCUT2D eigenvalue weighted by Gasteiger charge is -2.29. The van der Waals surface area contributed by atoms with Crippen molar-refractivity contribution in [3.63, 3.8) is 0 Å². The third-order valence-electron chi connectivity index (χ3n) is 2.45. The van der Waals surface area contributed by atoms with Gasteiger partial charge >= 0.3 is 0 Å². The number of methoxy groups -OCH3 is 1. The van der Waals surface area contributed by atoms with E-state index in [4.69, 9.17) is 9.47 Å². The summed E-state index contributed by atoms with van der Waals surface area (Å²) in [6, 6.07) is 0. The lowest BCUT2D eigenvalue weighted by molar-refractivity contribution is 0.00264. The van der Waals surface area contributed by atoms with Gasteiger partial charge in [-0.1, -0.05) is 0 Å². The fourth-order valence-electron chi connectivity index (χ4n) is 1.76. The highest BCUT2D eigenvalue weighted by atomic mass is 16.5. The molecule has 1 fully saturated rings. The normalized spacial score (nSPS) is 28.6. The topological polar surface area (TPSA) is 30.5 Å². The van der Waals surface area contributed by atoms with E-state index in [1.54, 1.807) is 7.11 Å².